The lowest BCUT2D eigenvalue weighted by Gasteiger charge is -2.35. The quantitative estimate of drug-likeness (QED) is 0.922. The van der Waals surface area contributed by atoms with Crippen LogP contribution in [0.4, 0.5) is 5.69 Å². The molecule has 2 heterocycles. The summed E-state index contributed by atoms with van der Waals surface area (Å²) in [6.07, 6.45) is 6.59. The second-order valence-electron chi connectivity index (χ2n) is 5.84. The maximum absolute atomic E-state index is 3.69. The second-order valence-corrected chi connectivity index (χ2v) is 5.84. The summed E-state index contributed by atoms with van der Waals surface area (Å²) in [5.74, 6) is 0. The number of anilines is 1. The Morgan fingerprint density at radius 3 is 2.70 bits per heavy atom. The molecular formula is C17H23N3. The number of nitrogens with one attached hydrogen (secondary N) is 1. The summed E-state index contributed by atoms with van der Waals surface area (Å²) in [6.45, 7) is 3.49. The van der Waals surface area contributed by atoms with Gasteiger partial charge in [-0.15, -0.1) is 0 Å². The molecule has 3 heteroatoms. The third-order valence-corrected chi connectivity index (χ3v) is 4.33. The number of hydrogen-bond acceptors (Lipinski definition) is 2. The lowest BCUT2D eigenvalue weighted by Crippen LogP contribution is -2.42. The van der Waals surface area contributed by atoms with Gasteiger partial charge in [-0.25, -0.2) is 0 Å². The molecule has 2 atom stereocenters. The van der Waals surface area contributed by atoms with Gasteiger partial charge in [-0.05, 0) is 57.1 Å². The summed E-state index contributed by atoms with van der Waals surface area (Å²) in [7, 11) is 2.22. The summed E-state index contributed by atoms with van der Waals surface area (Å²) in [5, 5.41) is 3.69. The molecule has 2 aromatic rings. The van der Waals surface area contributed by atoms with E-state index in [-0.39, 0.29) is 0 Å². The molecule has 1 fully saturated rings. The summed E-state index contributed by atoms with van der Waals surface area (Å²) < 4.78 is 2.14. The van der Waals surface area contributed by atoms with Gasteiger partial charge in [0, 0.05) is 42.4 Å². The number of likely N-dealkylation sites (tertiary alicyclic amines) is 1. The van der Waals surface area contributed by atoms with Crippen LogP contribution in [0.25, 0.3) is 5.69 Å². The van der Waals surface area contributed by atoms with Crippen molar-refractivity contribution in [3.05, 3.63) is 48.8 Å². The van der Waals surface area contributed by atoms with Gasteiger partial charge in [0.15, 0.2) is 0 Å². The smallest absolute Gasteiger partial charge is 0.0469 e. The molecule has 2 unspecified atom stereocenters. The average Bonchev–Trinajstić information content (AvgIpc) is 2.97. The van der Waals surface area contributed by atoms with Gasteiger partial charge in [0.2, 0.25) is 0 Å². The first kappa shape index (κ1) is 13.3. The molecule has 1 N–H and O–H groups in total. The zero-order chi connectivity index (χ0) is 13.9. The van der Waals surface area contributed by atoms with Crippen molar-refractivity contribution in [3.8, 4) is 5.69 Å². The molecule has 1 aliphatic rings. The van der Waals surface area contributed by atoms with Crippen LogP contribution < -0.4 is 5.32 Å². The van der Waals surface area contributed by atoms with E-state index in [1.165, 1.54) is 30.8 Å². The van der Waals surface area contributed by atoms with Gasteiger partial charge in [-0.3, -0.25) is 0 Å². The number of benzene rings is 1. The Morgan fingerprint density at radius 2 is 1.95 bits per heavy atom. The van der Waals surface area contributed by atoms with Gasteiger partial charge in [0.05, 0.1) is 0 Å². The fourth-order valence-corrected chi connectivity index (χ4v) is 2.92. The second kappa shape index (κ2) is 5.71. The topological polar surface area (TPSA) is 20.2 Å². The Kier molecular flexibility index (Phi) is 3.79. The fourth-order valence-electron chi connectivity index (χ4n) is 2.92. The largest absolute Gasteiger partial charge is 0.382 e. The first-order valence-electron chi connectivity index (χ1n) is 7.42. The van der Waals surface area contributed by atoms with Crippen molar-refractivity contribution >= 4 is 5.69 Å². The highest BCUT2D eigenvalue weighted by atomic mass is 15.1. The van der Waals surface area contributed by atoms with Crippen LogP contribution in [0.2, 0.25) is 0 Å². The first-order chi connectivity index (χ1) is 9.72. The zero-order valence-corrected chi connectivity index (χ0v) is 12.3. The van der Waals surface area contributed by atoms with Crippen LogP contribution in [0.15, 0.2) is 48.8 Å². The van der Waals surface area contributed by atoms with Crippen molar-refractivity contribution in [2.45, 2.75) is 31.8 Å². The van der Waals surface area contributed by atoms with Crippen LogP contribution in [-0.2, 0) is 0 Å². The molecule has 0 bridgehead atoms. The Morgan fingerprint density at radius 1 is 1.15 bits per heavy atom. The van der Waals surface area contributed by atoms with E-state index in [2.05, 4.69) is 77.5 Å². The standard InChI is InChI=1S/C17H23N3/c1-14-12-16(8-11-19(14)2)18-15-6-5-7-17(13-15)20-9-3-4-10-20/h3-7,9-10,13-14,16,18H,8,11-12H2,1-2H3. The molecule has 1 saturated heterocycles. The minimum absolute atomic E-state index is 0.584. The Hall–Kier alpha value is -1.74. The minimum Gasteiger partial charge on any atom is -0.382 e. The summed E-state index contributed by atoms with van der Waals surface area (Å²) in [4.78, 5) is 2.44. The number of piperidine rings is 1. The van der Waals surface area contributed by atoms with Crippen molar-refractivity contribution in [1.82, 2.24) is 9.47 Å². The number of aromatic nitrogens is 1. The molecular weight excluding hydrogens is 246 g/mol. The minimum atomic E-state index is 0.584. The van der Waals surface area contributed by atoms with E-state index in [9.17, 15) is 0 Å². The molecule has 0 saturated carbocycles. The molecule has 0 aliphatic carbocycles. The SMILES string of the molecule is CC1CC(Nc2cccc(-n3cccc3)c2)CCN1C. The van der Waals surface area contributed by atoms with Crippen LogP contribution >= 0.6 is 0 Å². The number of rotatable bonds is 3. The highest BCUT2D eigenvalue weighted by molar-refractivity contribution is 5.52. The van der Waals surface area contributed by atoms with Crippen molar-refractivity contribution in [3.63, 3.8) is 0 Å². The van der Waals surface area contributed by atoms with Crippen molar-refractivity contribution in [2.24, 2.45) is 0 Å². The highest BCUT2D eigenvalue weighted by Gasteiger charge is 2.22. The van der Waals surface area contributed by atoms with Gasteiger partial charge in [-0.2, -0.15) is 0 Å². The highest BCUT2D eigenvalue weighted by Crippen LogP contribution is 2.21. The molecule has 1 aliphatic heterocycles. The Balaban J connectivity index is 1.70. The molecule has 1 aromatic heterocycles. The van der Waals surface area contributed by atoms with Gasteiger partial charge in [0.25, 0.3) is 0 Å². The maximum Gasteiger partial charge on any atom is 0.0469 e. The predicted octanol–water partition coefficient (Wildman–Crippen LogP) is 3.37. The van der Waals surface area contributed by atoms with Gasteiger partial charge < -0.3 is 14.8 Å². The van der Waals surface area contributed by atoms with Gasteiger partial charge in [0.1, 0.15) is 0 Å². The molecule has 0 amide bonds. The maximum atomic E-state index is 3.69. The molecule has 3 rings (SSSR count). The van der Waals surface area contributed by atoms with Crippen LogP contribution in [0, 0.1) is 0 Å². The molecule has 0 radical (unpaired) electrons. The Bertz CT molecular complexity index is 547. The lowest BCUT2D eigenvalue weighted by atomic mass is 9.98. The molecule has 20 heavy (non-hydrogen) atoms. The monoisotopic (exact) mass is 269 g/mol. The van der Waals surface area contributed by atoms with E-state index in [4.69, 9.17) is 0 Å². The molecule has 3 nitrogen and oxygen atoms in total. The van der Waals surface area contributed by atoms with Crippen LogP contribution in [-0.4, -0.2) is 35.1 Å². The van der Waals surface area contributed by atoms with Gasteiger partial charge >= 0.3 is 0 Å². The van der Waals surface area contributed by atoms with E-state index >= 15 is 0 Å². The molecule has 106 valence electrons. The summed E-state index contributed by atoms with van der Waals surface area (Å²) in [6, 6.07) is 14.0. The predicted molar refractivity (Wildman–Crippen MR) is 84.5 cm³/mol. The van der Waals surface area contributed by atoms with E-state index in [1.54, 1.807) is 0 Å². The molecule has 1 aromatic carbocycles. The molecule has 0 spiro atoms. The third-order valence-electron chi connectivity index (χ3n) is 4.33. The first-order valence-corrected chi connectivity index (χ1v) is 7.42. The van der Waals surface area contributed by atoms with Crippen LogP contribution in [0.1, 0.15) is 19.8 Å². The van der Waals surface area contributed by atoms with E-state index < -0.39 is 0 Å². The average molecular weight is 269 g/mol. The number of nitrogens with zero attached hydrogens (tertiary/aromatic N) is 2. The van der Waals surface area contributed by atoms with Gasteiger partial charge in [-0.1, -0.05) is 6.07 Å². The zero-order valence-electron chi connectivity index (χ0n) is 12.3. The lowest BCUT2D eigenvalue weighted by molar-refractivity contribution is 0.190. The van der Waals surface area contributed by atoms with Crippen molar-refractivity contribution < 1.29 is 0 Å². The fraction of sp³-hybridized carbons (Fsp3) is 0.412. The van der Waals surface area contributed by atoms with E-state index in [1.807, 2.05) is 0 Å². The normalized spacial score (nSPS) is 23.7. The summed E-state index contributed by atoms with van der Waals surface area (Å²) >= 11 is 0. The van der Waals surface area contributed by atoms with E-state index in [0.717, 1.165) is 0 Å². The Labute approximate surface area is 121 Å². The number of hydrogen-bond donors (Lipinski definition) is 1. The van der Waals surface area contributed by atoms with E-state index in [0.29, 0.717) is 12.1 Å². The van der Waals surface area contributed by atoms with Crippen LogP contribution in [0.3, 0.4) is 0 Å². The third kappa shape index (κ3) is 2.88. The van der Waals surface area contributed by atoms with Crippen LogP contribution in [0.5, 0.6) is 0 Å². The van der Waals surface area contributed by atoms with Crippen molar-refractivity contribution in [2.75, 3.05) is 18.9 Å². The van der Waals surface area contributed by atoms with Crippen molar-refractivity contribution in [1.29, 1.82) is 0 Å². The summed E-state index contributed by atoms with van der Waals surface area (Å²) in [5.41, 5.74) is 2.43.